The van der Waals surface area contributed by atoms with Crippen molar-refractivity contribution >= 4 is 0 Å². The van der Waals surface area contributed by atoms with Crippen LogP contribution in [0.15, 0.2) is 42.7 Å². The third kappa shape index (κ3) is 3.43. The van der Waals surface area contributed by atoms with Crippen molar-refractivity contribution in [2.24, 2.45) is 0 Å². The van der Waals surface area contributed by atoms with Gasteiger partial charge in [-0.15, -0.1) is 0 Å². The maximum atomic E-state index is 3.95. The molecule has 1 aromatic carbocycles. The number of aromatic amines is 1. The molecule has 17 heavy (non-hydrogen) atoms. The van der Waals surface area contributed by atoms with E-state index in [-0.39, 0.29) is 0 Å². The van der Waals surface area contributed by atoms with Gasteiger partial charge in [-0.05, 0) is 12.0 Å². The van der Waals surface area contributed by atoms with Crippen LogP contribution in [-0.2, 0) is 6.54 Å². The second kappa shape index (κ2) is 6.21. The molecule has 0 radical (unpaired) electrons. The molecule has 0 aliphatic carbocycles. The summed E-state index contributed by atoms with van der Waals surface area (Å²) < 4.78 is 0. The van der Waals surface area contributed by atoms with Crippen molar-refractivity contribution in [2.45, 2.75) is 32.4 Å². The Morgan fingerprint density at radius 1 is 1.29 bits per heavy atom. The zero-order chi connectivity index (χ0) is 11.9. The Morgan fingerprint density at radius 3 is 2.76 bits per heavy atom. The first-order chi connectivity index (χ1) is 8.40. The fraction of sp³-hybridized carbons (Fsp3) is 0.357. The number of hydrogen-bond acceptors (Lipinski definition) is 2. The van der Waals surface area contributed by atoms with Crippen LogP contribution in [0.4, 0.5) is 0 Å². The predicted molar refractivity (Wildman–Crippen MR) is 69.5 cm³/mol. The van der Waals surface area contributed by atoms with Crippen LogP contribution in [0.25, 0.3) is 0 Å². The molecule has 0 bridgehead atoms. The average Bonchev–Trinajstić information content (AvgIpc) is 2.88. The van der Waals surface area contributed by atoms with E-state index >= 15 is 0 Å². The van der Waals surface area contributed by atoms with E-state index < -0.39 is 0 Å². The molecule has 3 heteroatoms. The lowest BCUT2D eigenvalue weighted by molar-refractivity contribution is 0.493. The van der Waals surface area contributed by atoms with Crippen molar-refractivity contribution in [1.82, 2.24) is 15.5 Å². The molecule has 0 amide bonds. The van der Waals surface area contributed by atoms with Gasteiger partial charge in [-0.25, -0.2) is 0 Å². The first-order valence-corrected chi connectivity index (χ1v) is 6.16. The molecule has 1 atom stereocenters. The summed E-state index contributed by atoms with van der Waals surface area (Å²) in [6.07, 6.45) is 6.13. The van der Waals surface area contributed by atoms with E-state index in [1.165, 1.54) is 17.5 Å². The standard InChI is InChI=1S/C14H19N3/c1-2-6-14(13-7-4-3-5-8-13)15-9-12-10-16-17-11-12/h3-5,7-8,10-11,14-15H,2,6,9H2,1H3,(H,16,17). The summed E-state index contributed by atoms with van der Waals surface area (Å²) in [4.78, 5) is 0. The van der Waals surface area contributed by atoms with Crippen LogP contribution in [0, 0.1) is 0 Å². The molecule has 2 N–H and O–H groups in total. The van der Waals surface area contributed by atoms with Crippen molar-refractivity contribution < 1.29 is 0 Å². The molecule has 1 unspecified atom stereocenters. The smallest absolute Gasteiger partial charge is 0.0532 e. The van der Waals surface area contributed by atoms with Gasteiger partial charge in [0.25, 0.3) is 0 Å². The molecule has 0 aliphatic heterocycles. The molecular formula is C14H19N3. The van der Waals surface area contributed by atoms with Gasteiger partial charge < -0.3 is 5.32 Å². The lowest BCUT2D eigenvalue weighted by atomic mass is 10.0. The fourth-order valence-corrected chi connectivity index (χ4v) is 1.98. The molecule has 2 rings (SSSR count). The third-order valence-electron chi connectivity index (χ3n) is 2.89. The van der Waals surface area contributed by atoms with Crippen molar-refractivity contribution in [3.8, 4) is 0 Å². The highest BCUT2D eigenvalue weighted by Gasteiger charge is 2.09. The molecule has 1 heterocycles. The Bertz CT molecular complexity index is 408. The van der Waals surface area contributed by atoms with E-state index in [0.29, 0.717) is 6.04 Å². The van der Waals surface area contributed by atoms with Gasteiger partial charge in [-0.1, -0.05) is 43.7 Å². The Balaban J connectivity index is 1.98. The van der Waals surface area contributed by atoms with Crippen LogP contribution >= 0.6 is 0 Å². The summed E-state index contributed by atoms with van der Waals surface area (Å²) in [7, 11) is 0. The Morgan fingerprint density at radius 2 is 2.12 bits per heavy atom. The highest BCUT2D eigenvalue weighted by atomic mass is 15.1. The molecule has 0 saturated heterocycles. The Kier molecular flexibility index (Phi) is 4.33. The number of rotatable bonds is 6. The van der Waals surface area contributed by atoms with Gasteiger partial charge in [-0.2, -0.15) is 5.10 Å². The SMILES string of the molecule is CCCC(NCc1cn[nH]c1)c1ccccc1. The second-order valence-electron chi connectivity index (χ2n) is 4.24. The summed E-state index contributed by atoms with van der Waals surface area (Å²) in [5.41, 5.74) is 2.56. The topological polar surface area (TPSA) is 40.7 Å². The number of nitrogens with one attached hydrogen (secondary N) is 2. The van der Waals surface area contributed by atoms with E-state index in [2.05, 4.69) is 52.8 Å². The van der Waals surface area contributed by atoms with E-state index in [9.17, 15) is 0 Å². The number of hydrogen-bond donors (Lipinski definition) is 2. The maximum Gasteiger partial charge on any atom is 0.0532 e. The van der Waals surface area contributed by atoms with Crippen LogP contribution in [0.5, 0.6) is 0 Å². The lowest BCUT2D eigenvalue weighted by Gasteiger charge is -2.18. The van der Waals surface area contributed by atoms with Crippen LogP contribution in [-0.4, -0.2) is 10.2 Å². The van der Waals surface area contributed by atoms with Crippen LogP contribution in [0.1, 0.15) is 36.9 Å². The molecule has 2 aromatic rings. The van der Waals surface area contributed by atoms with E-state index in [4.69, 9.17) is 0 Å². The van der Waals surface area contributed by atoms with E-state index in [0.717, 1.165) is 13.0 Å². The fourth-order valence-electron chi connectivity index (χ4n) is 1.98. The summed E-state index contributed by atoms with van der Waals surface area (Å²) in [6, 6.07) is 11.0. The zero-order valence-electron chi connectivity index (χ0n) is 10.2. The minimum absolute atomic E-state index is 0.427. The van der Waals surface area contributed by atoms with E-state index in [1.54, 1.807) is 0 Å². The maximum absolute atomic E-state index is 3.95. The number of aromatic nitrogens is 2. The van der Waals surface area contributed by atoms with Gasteiger partial charge in [0.15, 0.2) is 0 Å². The molecule has 0 aliphatic rings. The number of H-pyrrole nitrogens is 1. The van der Waals surface area contributed by atoms with Gasteiger partial charge in [0, 0.05) is 24.3 Å². The Hall–Kier alpha value is -1.61. The highest BCUT2D eigenvalue weighted by Crippen LogP contribution is 2.18. The van der Waals surface area contributed by atoms with Gasteiger partial charge in [0.2, 0.25) is 0 Å². The first kappa shape index (κ1) is 11.9. The van der Waals surface area contributed by atoms with Crippen molar-refractivity contribution in [2.75, 3.05) is 0 Å². The first-order valence-electron chi connectivity index (χ1n) is 6.16. The second-order valence-corrected chi connectivity index (χ2v) is 4.24. The van der Waals surface area contributed by atoms with Crippen LogP contribution in [0.2, 0.25) is 0 Å². The van der Waals surface area contributed by atoms with Crippen LogP contribution < -0.4 is 5.32 Å². The molecule has 0 saturated carbocycles. The minimum atomic E-state index is 0.427. The third-order valence-corrected chi connectivity index (χ3v) is 2.89. The zero-order valence-corrected chi connectivity index (χ0v) is 10.2. The van der Waals surface area contributed by atoms with Crippen molar-refractivity contribution in [3.63, 3.8) is 0 Å². The minimum Gasteiger partial charge on any atom is -0.306 e. The predicted octanol–water partition coefficient (Wildman–Crippen LogP) is 3.04. The summed E-state index contributed by atoms with van der Waals surface area (Å²) in [5.74, 6) is 0. The monoisotopic (exact) mass is 229 g/mol. The summed E-state index contributed by atoms with van der Waals surface area (Å²) in [6.45, 7) is 3.07. The lowest BCUT2D eigenvalue weighted by Crippen LogP contribution is -2.20. The molecule has 0 fully saturated rings. The number of nitrogens with zero attached hydrogens (tertiary/aromatic N) is 1. The van der Waals surface area contributed by atoms with Gasteiger partial charge in [0.05, 0.1) is 6.20 Å². The average molecular weight is 229 g/mol. The molecule has 3 nitrogen and oxygen atoms in total. The van der Waals surface area contributed by atoms with E-state index in [1.807, 2.05) is 12.4 Å². The quantitative estimate of drug-likeness (QED) is 0.799. The molecular weight excluding hydrogens is 210 g/mol. The van der Waals surface area contributed by atoms with Crippen LogP contribution in [0.3, 0.4) is 0 Å². The van der Waals surface area contributed by atoms with Crippen molar-refractivity contribution in [3.05, 3.63) is 53.9 Å². The molecule has 90 valence electrons. The Labute approximate surface area is 102 Å². The van der Waals surface area contributed by atoms with Gasteiger partial charge in [-0.3, -0.25) is 5.10 Å². The number of benzene rings is 1. The highest BCUT2D eigenvalue weighted by molar-refractivity contribution is 5.19. The van der Waals surface area contributed by atoms with Gasteiger partial charge in [0.1, 0.15) is 0 Å². The molecule has 0 spiro atoms. The van der Waals surface area contributed by atoms with Gasteiger partial charge >= 0.3 is 0 Å². The summed E-state index contributed by atoms with van der Waals surface area (Å²) in [5, 5.41) is 10.4. The van der Waals surface area contributed by atoms with Crippen molar-refractivity contribution in [1.29, 1.82) is 0 Å². The normalized spacial score (nSPS) is 12.5. The molecule has 1 aromatic heterocycles. The largest absolute Gasteiger partial charge is 0.306 e. The summed E-state index contributed by atoms with van der Waals surface area (Å²) >= 11 is 0.